The zero-order valence-corrected chi connectivity index (χ0v) is 16.0. The second kappa shape index (κ2) is 9.24. The van der Waals surface area contributed by atoms with E-state index in [0.717, 1.165) is 19.3 Å². The smallest absolute Gasteiger partial charge is 0.357 e. The summed E-state index contributed by atoms with van der Waals surface area (Å²) in [4.78, 5) is 27.6. The SMILES string of the molecule is COC(=O)c1csc(C(=O)CCCCc2ccc(-c3ccccc3)cc2)n1. The number of Topliss-reactive ketones (excluding diaryl/α,β-unsaturated/α-hetero) is 1. The molecule has 0 radical (unpaired) electrons. The van der Waals surface area contributed by atoms with Crippen LogP contribution in [0.1, 0.15) is 45.1 Å². The molecule has 1 heterocycles. The van der Waals surface area contributed by atoms with Crippen molar-refractivity contribution in [3.63, 3.8) is 0 Å². The third-order valence-electron chi connectivity index (χ3n) is 4.32. The van der Waals surface area contributed by atoms with E-state index in [-0.39, 0.29) is 11.5 Å². The van der Waals surface area contributed by atoms with E-state index in [1.54, 1.807) is 5.38 Å². The van der Waals surface area contributed by atoms with Gasteiger partial charge < -0.3 is 4.74 Å². The highest BCUT2D eigenvalue weighted by Gasteiger charge is 2.15. The Hall–Kier alpha value is -2.79. The number of thiazole rings is 1. The van der Waals surface area contributed by atoms with Gasteiger partial charge in [0.1, 0.15) is 0 Å². The number of aryl methyl sites for hydroxylation is 1. The van der Waals surface area contributed by atoms with Gasteiger partial charge in [0.25, 0.3) is 0 Å². The highest BCUT2D eigenvalue weighted by molar-refractivity contribution is 7.11. The molecule has 0 spiro atoms. The monoisotopic (exact) mass is 379 g/mol. The summed E-state index contributed by atoms with van der Waals surface area (Å²) in [6.07, 6.45) is 3.11. The Morgan fingerprint density at radius 1 is 0.963 bits per heavy atom. The summed E-state index contributed by atoms with van der Waals surface area (Å²) in [5, 5.41) is 1.94. The van der Waals surface area contributed by atoms with Crippen LogP contribution in [0.2, 0.25) is 0 Å². The van der Waals surface area contributed by atoms with E-state index in [2.05, 4.69) is 46.1 Å². The molecule has 5 heteroatoms. The molecule has 138 valence electrons. The molecule has 0 aliphatic carbocycles. The molecule has 0 saturated heterocycles. The van der Waals surface area contributed by atoms with Crippen molar-refractivity contribution in [2.45, 2.75) is 25.7 Å². The van der Waals surface area contributed by atoms with Crippen molar-refractivity contribution >= 4 is 23.1 Å². The Labute approximate surface area is 162 Å². The maximum absolute atomic E-state index is 12.2. The number of hydrogen-bond donors (Lipinski definition) is 0. The van der Waals surface area contributed by atoms with Crippen molar-refractivity contribution in [2.75, 3.05) is 7.11 Å². The molecular weight excluding hydrogens is 358 g/mol. The lowest BCUT2D eigenvalue weighted by atomic mass is 10.0. The van der Waals surface area contributed by atoms with E-state index in [1.165, 1.54) is 35.1 Å². The zero-order chi connectivity index (χ0) is 19.1. The maximum Gasteiger partial charge on any atom is 0.357 e. The molecule has 0 unspecified atom stereocenters. The Balaban J connectivity index is 1.45. The van der Waals surface area contributed by atoms with Crippen LogP contribution in [0.3, 0.4) is 0 Å². The number of hydrogen-bond acceptors (Lipinski definition) is 5. The Morgan fingerprint density at radius 3 is 2.37 bits per heavy atom. The van der Waals surface area contributed by atoms with Gasteiger partial charge in [0.2, 0.25) is 0 Å². The van der Waals surface area contributed by atoms with E-state index in [0.29, 0.717) is 11.4 Å². The van der Waals surface area contributed by atoms with Crippen LogP contribution >= 0.6 is 11.3 Å². The molecule has 0 aliphatic rings. The minimum Gasteiger partial charge on any atom is -0.464 e. The minimum absolute atomic E-state index is 0.0189. The quantitative estimate of drug-likeness (QED) is 0.307. The first-order chi connectivity index (χ1) is 13.2. The molecule has 0 fully saturated rings. The van der Waals surface area contributed by atoms with Crippen molar-refractivity contribution in [3.8, 4) is 11.1 Å². The molecule has 0 saturated carbocycles. The summed E-state index contributed by atoms with van der Waals surface area (Å²) in [6.45, 7) is 0. The summed E-state index contributed by atoms with van der Waals surface area (Å²) in [6, 6.07) is 18.9. The normalized spacial score (nSPS) is 10.6. The number of rotatable bonds is 8. The van der Waals surface area contributed by atoms with Crippen LogP contribution in [0.5, 0.6) is 0 Å². The fourth-order valence-electron chi connectivity index (χ4n) is 2.82. The lowest BCUT2D eigenvalue weighted by Crippen LogP contribution is -2.04. The highest BCUT2D eigenvalue weighted by atomic mass is 32.1. The van der Waals surface area contributed by atoms with Gasteiger partial charge in [0.15, 0.2) is 16.5 Å². The summed E-state index contributed by atoms with van der Waals surface area (Å²) in [5.74, 6) is -0.529. The first-order valence-corrected chi connectivity index (χ1v) is 9.77. The number of ketones is 1. The summed E-state index contributed by atoms with van der Waals surface area (Å²) in [7, 11) is 1.30. The molecular formula is C22H21NO3S. The topological polar surface area (TPSA) is 56.3 Å². The maximum atomic E-state index is 12.2. The second-order valence-corrected chi connectivity index (χ2v) is 7.08. The van der Waals surface area contributed by atoms with Crippen molar-refractivity contribution in [2.24, 2.45) is 0 Å². The van der Waals surface area contributed by atoms with Crippen molar-refractivity contribution in [3.05, 3.63) is 76.2 Å². The van der Waals surface area contributed by atoms with Crippen LogP contribution < -0.4 is 0 Å². The second-order valence-electron chi connectivity index (χ2n) is 6.22. The van der Waals surface area contributed by atoms with Gasteiger partial charge in [-0.3, -0.25) is 4.79 Å². The molecule has 0 amide bonds. The molecule has 0 bridgehead atoms. The third-order valence-corrected chi connectivity index (χ3v) is 5.20. The minimum atomic E-state index is -0.510. The molecule has 27 heavy (non-hydrogen) atoms. The van der Waals surface area contributed by atoms with Crippen molar-refractivity contribution in [1.82, 2.24) is 4.98 Å². The van der Waals surface area contributed by atoms with Gasteiger partial charge in [-0.2, -0.15) is 0 Å². The number of carbonyl (C=O) groups is 2. The average Bonchev–Trinajstić information content (AvgIpc) is 3.22. The van der Waals surface area contributed by atoms with Crippen molar-refractivity contribution in [1.29, 1.82) is 0 Å². The predicted molar refractivity (Wildman–Crippen MR) is 107 cm³/mol. The Kier molecular flexibility index (Phi) is 6.49. The number of unbranched alkanes of at least 4 members (excludes halogenated alkanes) is 1. The first-order valence-electron chi connectivity index (χ1n) is 8.89. The molecule has 3 rings (SSSR count). The Morgan fingerprint density at radius 2 is 1.67 bits per heavy atom. The number of nitrogens with zero attached hydrogens (tertiary/aromatic N) is 1. The van der Waals surface area contributed by atoms with Crippen LogP contribution in [0.15, 0.2) is 60.0 Å². The molecule has 4 nitrogen and oxygen atoms in total. The fraction of sp³-hybridized carbons (Fsp3) is 0.227. The lowest BCUT2D eigenvalue weighted by Gasteiger charge is -2.04. The van der Waals surface area contributed by atoms with Gasteiger partial charge in [0, 0.05) is 11.8 Å². The molecule has 3 aromatic rings. The van der Waals surface area contributed by atoms with Gasteiger partial charge >= 0.3 is 5.97 Å². The van der Waals surface area contributed by atoms with Gasteiger partial charge in [-0.15, -0.1) is 11.3 Å². The molecule has 0 N–H and O–H groups in total. The number of benzene rings is 2. The Bertz CT molecular complexity index is 901. The highest BCUT2D eigenvalue weighted by Crippen LogP contribution is 2.20. The number of carbonyl (C=O) groups excluding carboxylic acids is 2. The molecule has 1 aromatic heterocycles. The van der Waals surface area contributed by atoms with Crippen LogP contribution in [0.4, 0.5) is 0 Å². The van der Waals surface area contributed by atoms with E-state index in [9.17, 15) is 9.59 Å². The van der Waals surface area contributed by atoms with Crippen LogP contribution in [0, 0.1) is 0 Å². The van der Waals surface area contributed by atoms with E-state index in [4.69, 9.17) is 0 Å². The predicted octanol–water partition coefficient (Wildman–Crippen LogP) is 5.19. The third kappa shape index (κ3) is 5.11. The summed E-state index contributed by atoms with van der Waals surface area (Å²) in [5.41, 5.74) is 3.89. The van der Waals surface area contributed by atoms with Gasteiger partial charge in [-0.25, -0.2) is 9.78 Å². The van der Waals surface area contributed by atoms with Gasteiger partial charge in [-0.05, 0) is 36.0 Å². The van der Waals surface area contributed by atoms with Gasteiger partial charge in [0.05, 0.1) is 7.11 Å². The van der Waals surface area contributed by atoms with Crippen LogP contribution in [-0.2, 0) is 11.2 Å². The standard InChI is InChI=1S/C22H21NO3S/c1-26-22(25)19-15-27-21(23-19)20(24)10-6-5-7-16-11-13-18(14-12-16)17-8-3-2-4-9-17/h2-4,8-9,11-15H,5-7,10H2,1H3. The van der Waals surface area contributed by atoms with E-state index >= 15 is 0 Å². The largest absolute Gasteiger partial charge is 0.464 e. The first kappa shape index (κ1) is 19.0. The van der Waals surface area contributed by atoms with E-state index in [1.807, 2.05) is 18.2 Å². The number of esters is 1. The van der Waals surface area contributed by atoms with Crippen LogP contribution in [0.25, 0.3) is 11.1 Å². The number of methoxy groups -OCH3 is 1. The lowest BCUT2D eigenvalue weighted by molar-refractivity contribution is 0.0595. The fourth-order valence-corrected chi connectivity index (χ4v) is 3.57. The summed E-state index contributed by atoms with van der Waals surface area (Å²) < 4.78 is 4.61. The molecule has 0 aliphatic heterocycles. The average molecular weight is 379 g/mol. The van der Waals surface area contributed by atoms with Gasteiger partial charge in [-0.1, -0.05) is 54.6 Å². The zero-order valence-electron chi connectivity index (χ0n) is 15.2. The van der Waals surface area contributed by atoms with E-state index < -0.39 is 5.97 Å². The summed E-state index contributed by atoms with van der Waals surface area (Å²) >= 11 is 1.19. The van der Waals surface area contributed by atoms with Crippen molar-refractivity contribution < 1.29 is 14.3 Å². The molecule has 0 atom stereocenters. The number of ether oxygens (including phenoxy) is 1. The number of aromatic nitrogens is 1. The molecule has 2 aromatic carbocycles. The van der Waals surface area contributed by atoms with Crippen LogP contribution in [-0.4, -0.2) is 23.8 Å².